The van der Waals surface area contributed by atoms with Crippen LogP contribution in [0.3, 0.4) is 0 Å². The van der Waals surface area contributed by atoms with Gasteiger partial charge in [0.2, 0.25) is 0 Å². The summed E-state index contributed by atoms with van der Waals surface area (Å²) >= 11 is 0. The molecule has 0 aliphatic heterocycles. The van der Waals surface area contributed by atoms with E-state index in [2.05, 4.69) is 24.4 Å². The quantitative estimate of drug-likeness (QED) is 0.879. The summed E-state index contributed by atoms with van der Waals surface area (Å²) in [5, 5.41) is 3.36. The third-order valence-corrected chi connectivity index (χ3v) is 4.28. The molecule has 2 aromatic rings. The zero-order valence-electron chi connectivity index (χ0n) is 12.9. The molecule has 1 N–H and O–H groups in total. The minimum atomic E-state index is -0.104. The number of rotatable bonds is 5. The van der Waals surface area contributed by atoms with Gasteiger partial charge in [0.1, 0.15) is 17.3 Å². The van der Waals surface area contributed by atoms with Crippen LogP contribution in [0.5, 0.6) is 0 Å². The summed E-state index contributed by atoms with van der Waals surface area (Å²) in [5.41, 5.74) is 2.51. The molecule has 1 aromatic heterocycles. The molecular weight excluding hydrogens is 265 g/mol. The van der Waals surface area contributed by atoms with E-state index in [0.717, 1.165) is 29.5 Å². The fourth-order valence-corrected chi connectivity index (χ4v) is 2.88. The molecule has 0 spiro atoms. The number of hydrogen-bond donors (Lipinski definition) is 1. The van der Waals surface area contributed by atoms with E-state index in [9.17, 15) is 4.39 Å². The average Bonchev–Trinajstić information content (AvgIpc) is 2.99. The molecule has 2 nitrogen and oxygen atoms in total. The number of furan rings is 1. The molecule has 3 rings (SSSR count). The molecule has 1 aliphatic rings. The number of hydrogen-bond acceptors (Lipinski definition) is 2. The molecule has 21 heavy (non-hydrogen) atoms. The number of halogens is 1. The lowest BCUT2D eigenvalue weighted by Crippen LogP contribution is -2.12. The maximum absolute atomic E-state index is 13.6. The van der Waals surface area contributed by atoms with Crippen LogP contribution < -0.4 is 5.32 Å². The van der Waals surface area contributed by atoms with Crippen molar-refractivity contribution in [2.45, 2.75) is 46.2 Å². The molecule has 2 atom stereocenters. The van der Waals surface area contributed by atoms with Crippen molar-refractivity contribution in [3.63, 3.8) is 0 Å². The van der Waals surface area contributed by atoms with E-state index in [1.165, 1.54) is 6.42 Å². The first-order valence-corrected chi connectivity index (χ1v) is 7.59. The van der Waals surface area contributed by atoms with Gasteiger partial charge in [-0.2, -0.15) is 0 Å². The van der Waals surface area contributed by atoms with Gasteiger partial charge in [-0.25, -0.2) is 4.39 Å². The Morgan fingerprint density at radius 1 is 1.19 bits per heavy atom. The normalized spacial score (nSPS) is 20.8. The Morgan fingerprint density at radius 3 is 2.48 bits per heavy atom. The Hall–Kier alpha value is -1.61. The summed E-state index contributed by atoms with van der Waals surface area (Å²) in [7, 11) is 0. The van der Waals surface area contributed by atoms with Crippen LogP contribution >= 0.6 is 0 Å². The molecule has 1 fully saturated rings. The Morgan fingerprint density at radius 2 is 1.86 bits per heavy atom. The van der Waals surface area contributed by atoms with Crippen molar-refractivity contribution in [2.75, 3.05) is 0 Å². The minimum absolute atomic E-state index is 0.104. The van der Waals surface area contributed by atoms with Crippen LogP contribution in [0.1, 0.15) is 47.5 Å². The topological polar surface area (TPSA) is 25.2 Å². The van der Waals surface area contributed by atoms with E-state index in [-0.39, 0.29) is 5.82 Å². The van der Waals surface area contributed by atoms with Gasteiger partial charge in [-0.1, -0.05) is 19.1 Å². The van der Waals surface area contributed by atoms with Gasteiger partial charge >= 0.3 is 0 Å². The lowest BCUT2D eigenvalue weighted by molar-refractivity contribution is 0.444. The van der Waals surface area contributed by atoms with E-state index >= 15 is 0 Å². The Kier molecular flexibility index (Phi) is 3.85. The van der Waals surface area contributed by atoms with Gasteiger partial charge < -0.3 is 9.73 Å². The maximum Gasteiger partial charge on any atom is 0.129 e. The molecule has 1 aliphatic carbocycles. The monoisotopic (exact) mass is 287 g/mol. The predicted molar refractivity (Wildman–Crippen MR) is 81.6 cm³/mol. The highest BCUT2D eigenvalue weighted by molar-refractivity contribution is 5.30. The lowest BCUT2D eigenvalue weighted by atomic mass is 10.1. The Balaban J connectivity index is 1.55. The van der Waals surface area contributed by atoms with Gasteiger partial charge in [0.15, 0.2) is 0 Å². The molecule has 3 heteroatoms. The second-order valence-corrected chi connectivity index (χ2v) is 6.27. The molecule has 0 radical (unpaired) electrons. The first-order chi connectivity index (χ1) is 10.0. The molecule has 0 bridgehead atoms. The SMILES string of the molecule is Cc1cc(CNCc2ccc(C3CC3C)o2)cc(C)c1F. The van der Waals surface area contributed by atoms with E-state index in [4.69, 9.17) is 4.42 Å². The molecule has 2 unspecified atom stereocenters. The van der Waals surface area contributed by atoms with Crippen molar-refractivity contribution in [3.8, 4) is 0 Å². The third kappa shape index (κ3) is 3.18. The molecule has 112 valence electrons. The smallest absolute Gasteiger partial charge is 0.129 e. The van der Waals surface area contributed by atoms with E-state index in [1.54, 1.807) is 13.8 Å². The summed E-state index contributed by atoms with van der Waals surface area (Å²) in [5.74, 6) is 3.38. The molecule has 1 aromatic carbocycles. The largest absolute Gasteiger partial charge is 0.464 e. The van der Waals surface area contributed by atoms with Crippen molar-refractivity contribution >= 4 is 0 Å². The number of nitrogens with one attached hydrogen (secondary N) is 1. The zero-order valence-corrected chi connectivity index (χ0v) is 12.9. The van der Waals surface area contributed by atoms with Crippen LogP contribution in [0.15, 0.2) is 28.7 Å². The van der Waals surface area contributed by atoms with Crippen LogP contribution in [0.4, 0.5) is 4.39 Å². The fraction of sp³-hybridized carbons (Fsp3) is 0.444. The van der Waals surface area contributed by atoms with Crippen LogP contribution in [0, 0.1) is 25.6 Å². The van der Waals surface area contributed by atoms with Crippen molar-refractivity contribution in [1.82, 2.24) is 5.32 Å². The van der Waals surface area contributed by atoms with Gasteiger partial charge in [0.05, 0.1) is 6.54 Å². The van der Waals surface area contributed by atoms with Crippen molar-refractivity contribution in [1.29, 1.82) is 0 Å². The van der Waals surface area contributed by atoms with Gasteiger partial charge in [-0.05, 0) is 55.0 Å². The Labute approximate surface area is 125 Å². The fourth-order valence-electron chi connectivity index (χ4n) is 2.88. The third-order valence-electron chi connectivity index (χ3n) is 4.28. The summed E-state index contributed by atoms with van der Waals surface area (Å²) < 4.78 is 19.4. The van der Waals surface area contributed by atoms with E-state index < -0.39 is 0 Å². The molecular formula is C18H22FNO. The standard InChI is InChI=1S/C18H22FNO/c1-11-8-16(11)17-5-4-15(21-17)10-20-9-14-6-12(2)18(19)13(3)7-14/h4-7,11,16,20H,8-10H2,1-3H3. The summed E-state index contributed by atoms with van der Waals surface area (Å²) in [6, 6.07) is 7.94. The highest BCUT2D eigenvalue weighted by Gasteiger charge is 2.36. The second kappa shape index (κ2) is 5.64. The summed E-state index contributed by atoms with van der Waals surface area (Å²) in [6.07, 6.45) is 1.24. The summed E-state index contributed by atoms with van der Waals surface area (Å²) in [6.45, 7) is 7.29. The van der Waals surface area contributed by atoms with Gasteiger partial charge in [0, 0.05) is 12.5 Å². The number of benzene rings is 1. The lowest BCUT2D eigenvalue weighted by Gasteiger charge is -2.07. The molecule has 0 amide bonds. The summed E-state index contributed by atoms with van der Waals surface area (Å²) in [4.78, 5) is 0. The second-order valence-electron chi connectivity index (χ2n) is 6.27. The highest BCUT2D eigenvalue weighted by atomic mass is 19.1. The molecule has 1 saturated carbocycles. The van der Waals surface area contributed by atoms with Crippen molar-refractivity contribution < 1.29 is 8.81 Å². The van der Waals surface area contributed by atoms with Crippen molar-refractivity contribution in [2.24, 2.45) is 5.92 Å². The van der Waals surface area contributed by atoms with Gasteiger partial charge in [-0.3, -0.25) is 0 Å². The van der Waals surface area contributed by atoms with Crippen molar-refractivity contribution in [3.05, 3.63) is 58.3 Å². The Bertz CT molecular complexity index is 623. The van der Waals surface area contributed by atoms with Crippen LogP contribution in [-0.2, 0) is 13.1 Å². The minimum Gasteiger partial charge on any atom is -0.464 e. The zero-order chi connectivity index (χ0) is 15.0. The first-order valence-electron chi connectivity index (χ1n) is 7.59. The highest BCUT2D eigenvalue weighted by Crippen LogP contribution is 2.47. The average molecular weight is 287 g/mol. The first kappa shape index (κ1) is 14.3. The van der Waals surface area contributed by atoms with Crippen LogP contribution in [-0.4, -0.2) is 0 Å². The maximum atomic E-state index is 13.6. The van der Waals surface area contributed by atoms with Gasteiger partial charge in [0.25, 0.3) is 0 Å². The van der Waals surface area contributed by atoms with E-state index in [0.29, 0.717) is 23.6 Å². The molecule has 0 saturated heterocycles. The van der Waals surface area contributed by atoms with Crippen LogP contribution in [0.2, 0.25) is 0 Å². The van der Waals surface area contributed by atoms with Crippen LogP contribution in [0.25, 0.3) is 0 Å². The number of aryl methyl sites for hydroxylation is 2. The predicted octanol–water partition coefficient (Wildman–Crippen LogP) is 4.45. The van der Waals surface area contributed by atoms with Gasteiger partial charge in [-0.15, -0.1) is 0 Å². The molecule has 1 heterocycles. The van der Waals surface area contributed by atoms with E-state index in [1.807, 2.05) is 12.1 Å².